The minimum absolute atomic E-state index is 0.0371. The fraction of sp³-hybridized carbons (Fsp3) is 0.103. The summed E-state index contributed by atoms with van der Waals surface area (Å²) in [4.78, 5) is 18.4. The highest BCUT2D eigenvalue weighted by molar-refractivity contribution is 7.99. The summed E-state index contributed by atoms with van der Waals surface area (Å²) < 4.78 is 5.71. The highest BCUT2D eigenvalue weighted by atomic mass is 32.2. The topological polar surface area (TPSA) is 50.7 Å². The molecule has 0 bridgehead atoms. The number of ether oxygens (including phenoxy) is 1. The van der Waals surface area contributed by atoms with E-state index < -0.39 is 0 Å². The smallest absolute Gasteiger partial charge is 0.262 e. The molecule has 4 nitrogen and oxygen atoms in total. The molecule has 4 aromatic carbocycles. The SMILES string of the molecule is O=C(COc1ccc(C2CC(c3ccccc3)=Nc3ccccc3S2)cc1)Nc1ccccc1. The van der Waals surface area contributed by atoms with E-state index in [1.807, 2.05) is 66.4 Å². The van der Waals surface area contributed by atoms with Crippen LogP contribution in [0.5, 0.6) is 5.75 Å². The number of nitrogens with one attached hydrogen (secondary N) is 1. The molecule has 0 saturated carbocycles. The maximum Gasteiger partial charge on any atom is 0.262 e. The van der Waals surface area contributed by atoms with Crippen molar-refractivity contribution in [2.75, 3.05) is 11.9 Å². The van der Waals surface area contributed by atoms with E-state index in [1.165, 1.54) is 10.5 Å². The van der Waals surface area contributed by atoms with Gasteiger partial charge in [0, 0.05) is 28.0 Å². The molecule has 1 unspecified atom stereocenters. The van der Waals surface area contributed by atoms with Crippen LogP contribution in [0.25, 0.3) is 0 Å². The number of para-hydroxylation sites is 2. The zero-order chi connectivity index (χ0) is 23.2. The van der Waals surface area contributed by atoms with E-state index >= 15 is 0 Å². The summed E-state index contributed by atoms with van der Waals surface area (Å²) in [7, 11) is 0. The Kier molecular flexibility index (Phi) is 6.73. The van der Waals surface area contributed by atoms with Gasteiger partial charge in [0.25, 0.3) is 5.91 Å². The van der Waals surface area contributed by atoms with E-state index in [9.17, 15) is 4.79 Å². The maximum absolute atomic E-state index is 12.2. The van der Waals surface area contributed by atoms with Crippen molar-refractivity contribution in [3.63, 3.8) is 0 Å². The van der Waals surface area contributed by atoms with Gasteiger partial charge < -0.3 is 10.1 Å². The minimum Gasteiger partial charge on any atom is -0.484 e. The summed E-state index contributed by atoms with van der Waals surface area (Å²) in [6.45, 7) is -0.0371. The number of benzene rings is 4. The van der Waals surface area contributed by atoms with E-state index in [1.54, 1.807) is 0 Å². The van der Waals surface area contributed by atoms with Crippen molar-refractivity contribution in [3.05, 3.63) is 120 Å². The van der Waals surface area contributed by atoms with Gasteiger partial charge in [-0.25, -0.2) is 0 Å². The first-order valence-electron chi connectivity index (χ1n) is 11.2. The molecule has 1 N–H and O–H groups in total. The number of hydrogen-bond donors (Lipinski definition) is 1. The number of amides is 1. The molecule has 0 aromatic heterocycles. The zero-order valence-corrected chi connectivity index (χ0v) is 19.4. The van der Waals surface area contributed by atoms with E-state index in [0.29, 0.717) is 5.75 Å². The van der Waals surface area contributed by atoms with Gasteiger partial charge in [-0.3, -0.25) is 9.79 Å². The second-order valence-electron chi connectivity index (χ2n) is 7.97. The van der Waals surface area contributed by atoms with Crippen LogP contribution in [-0.4, -0.2) is 18.2 Å². The number of carbonyl (C=O) groups is 1. The normalized spacial score (nSPS) is 14.9. The first-order chi connectivity index (χ1) is 16.7. The van der Waals surface area contributed by atoms with Crippen molar-refractivity contribution >= 4 is 34.8 Å². The van der Waals surface area contributed by atoms with Gasteiger partial charge in [0.15, 0.2) is 6.61 Å². The monoisotopic (exact) mass is 464 g/mol. The number of aliphatic imine (C=N–C) groups is 1. The first kappa shape index (κ1) is 22.0. The number of rotatable bonds is 6. The van der Waals surface area contributed by atoms with E-state index in [0.717, 1.165) is 29.1 Å². The van der Waals surface area contributed by atoms with Gasteiger partial charge in [-0.2, -0.15) is 0 Å². The summed E-state index contributed by atoms with van der Waals surface area (Å²) >= 11 is 1.84. The number of thioether (sulfide) groups is 1. The molecule has 0 saturated heterocycles. The van der Waals surface area contributed by atoms with Crippen molar-refractivity contribution in [3.8, 4) is 5.75 Å². The Morgan fingerprint density at radius 1 is 0.853 bits per heavy atom. The Morgan fingerprint density at radius 3 is 2.29 bits per heavy atom. The molecule has 4 aromatic rings. The van der Waals surface area contributed by atoms with Crippen molar-refractivity contribution in [1.29, 1.82) is 0 Å². The van der Waals surface area contributed by atoms with Crippen LogP contribution in [0.4, 0.5) is 11.4 Å². The molecule has 1 aliphatic heterocycles. The average molecular weight is 465 g/mol. The highest BCUT2D eigenvalue weighted by Crippen LogP contribution is 2.45. The van der Waals surface area contributed by atoms with Gasteiger partial charge in [0.2, 0.25) is 0 Å². The molecule has 5 heteroatoms. The number of nitrogens with zero attached hydrogens (tertiary/aromatic N) is 1. The predicted octanol–water partition coefficient (Wildman–Crippen LogP) is 7.06. The lowest BCUT2D eigenvalue weighted by Crippen LogP contribution is -2.20. The van der Waals surface area contributed by atoms with Crippen LogP contribution in [0.1, 0.15) is 22.8 Å². The molecular formula is C29H24N2O2S. The second kappa shape index (κ2) is 10.4. The lowest BCUT2D eigenvalue weighted by atomic mass is 10.0. The zero-order valence-electron chi connectivity index (χ0n) is 18.6. The molecule has 1 atom stereocenters. The summed E-state index contributed by atoms with van der Waals surface area (Å²) in [6, 6.07) is 36.1. The summed E-state index contributed by atoms with van der Waals surface area (Å²) in [6.07, 6.45) is 0.822. The summed E-state index contributed by atoms with van der Waals surface area (Å²) in [5.41, 5.74) is 5.20. The Labute approximate surface area is 203 Å². The predicted molar refractivity (Wildman–Crippen MR) is 139 cm³/mol. The first-order valence-corrected chi connectivity index (χ1v) is 12.1. The Morgan fingerprint density at radius 2 is 1.53 bits per heavy atom. The number of anilines is 1. The molecule has 34 heavy (non-hydrogen) atoms. The van der Waals surface area contributed by atoms with Crippen LogP contribution in [-0.2, 0) is 4.79 Å². The number of carbonyl (C=O) groups excluding carboxylic acids is 1. The third-order valence-electron chi connectivity index (χ3n) is 5.56. The van der Waals surface area contributed by atoms with Crippen LogP contribution >= 0.6 is 11.8 Å². The van der Waals surface area contributed by atoms with Crippen LogP contribution in [0, 0.1) is 0 Å². The Hall–Kier alpha value is -3.83. The van der Waals surface area contributed by atoms with E-state index in [4.69, 9.17) is 9.73 Å². The molecular weight excluding hydrogens is 440 g/mol. The van der Waals surface area contributed by atoms with Gasteiger partial charge in [-0.1, -0.05) is 72.8 Å². The highest BCUT2D eigenvalue weighted by Gasteiger charge is 2.22. The van der Waals surface area contributed by atoms with Crippen LogP contribution in [0.3, 0.4) is 0 Å². The van der Waals surface area contributed by atoms with Crippen molar-refractivity contribution < 1.29 is 9.53 Å². The fourth-order valence-corrected chi connectivity index (χ4v) is 5.09. The van der Waals surface area contributed by atoms with Crippen molar-refractivity contribution in [1.82, 2.24) is 0 Å². The van der Waals surface area contributed by atoms with E-state index in [2.05, 4.69) is 59.9 Å². The Balaban J connectivity index is 1.29. The molecule has 5 rings (SSSR count). The second-order valence-corrected chi connectivity index (χ2v) is 9.22. The third-order valence-corrected chi connectivity index (χ3v) is 6.88. The average Bonchev–Trinajstić information content (AvgIpc) is 3.09. The molecule has 0 radical (unpaired) electrons. The van der Waals surface area contributed by atoms with Gasteiger partial charge in [-0.05, 0) is 47.5 Å². The molecule has 0 spiro atoms. The number of fused-ring (bicyclic) bond motifs is 1. The van der Waals surface area contributed by atoms with Crippen LogP contribution < -0.4 is 10.1 Å². The Bertz CT molecular complexity index is 1290. The van der Waals surface area contributed by atoms with E-state index in [-0.39, 0.29) is 17.8 Å². The lowest BCUT2D eigenvalue weighted by Gasteiger charge is -2.17. The number of hydrogen-bond acceptors (Lipinski definition) is 4. The minimum atomic E-state index is -0.185. The third kappa shape index (κ3) is 5.38. The summed E-state index contributed by atoms with van der Waals surface area (Å²) in [5, 5.41) is 3.05. The van der Waals surface area contributed by atoms with Crippen molar-refractivity contribution in [2.45, 2.75) is 16.6 Å². The van der Waals surface area contributed by atoms with Crippen LogP contribution in [0.15, 0.2) is 119 Å². The summed E-state index contributed by atoms with van der Waals surface area (Å²) in [5.74, 6) is 0.484. The maximum atomic E-state index is 12.2. The fourth-order valence-electron chi connectivity index (χ4n) is 3.86. The lowest BCUT2D eigenvalue weighted by molar-refractivity contribution is -0.118. The molecule has 0 fully saturated rings. The van der Waals surface area contributed by atoms with Crippen molar-refractivity contribution in [2.24, 2.45) is 4.99 Å². The quantitative estimate of drug-likeness (QED) is 0.332. The van der Waals surface area contributed by atoms with Gasteiger partial charge in [0.1, 0.15) is 5.75 Å². The van der Waals surface area contributed by atoms with Crippen LogP contribution in [0.2, 0.25) is 0 Å². The standard InChI is InChI=1S/C29H24N2O2S/c32-29(30-23-11-5-2-6-12-23)20-33-24-17-15-22(16-18-24)28-19-26(21-9-3-1-4-10-21)31-25-13-7-8-14-27(25)34-28/h1-18,28H,19-20H2,(H,30,32). The molecule has 168 valence electrons. The molecule has 1 heterocycles. The van der Waals surface area contributed by atoms with Gasteiger partial charge >= 0.3 is 0 Å². The molecule has 1 aliphatic rings. The van der Waals surface area contributed by atoms with Gasteiger partial charge in [-0.15, -0.1) is 11.8 Å². The van der Waals surface area contributed by atoms with Gasteiger partial charge in [0.05, 0.1) is 5.69 Å². The largest absolute Gasteiger partial charge is 0.484 e. The molecule has 0 aliphatic carbocycles. The molecule has 1 amide bonds.